The zero-order valence-corrected chi connectivity index (χ0v) is 16.8. The molecule has 0 aliphatic heterocycles. The predicted octanol–water partition coefficient (Wildman–Crippen LogP) is 4.40. The van der Waals surface area contributed by atoms with Crippen molar-refractivity contribution in [3.8, 4) is 5.75 Å². The molecule has 5 nitrogen and oxygen atoms in total. The van der Waals surface area contributed by atoms with Gasteiger partial charge in [0.05, 0.1) is 19.6 Å². The Morgan fingerprint density at radius 1 is 1.24 bits per heavy atom. The summed E-state index contributed by atoms with van der Waals surface area (Å²) >= 11 is 0. The molecule has 0 bridgehead atoms. The van der Waals surface area contributed by atoms with Crippen molar-refractivity contribution in [2.45, 2.75) is 31.7 Å². The maximum Gasteiger partial charge on any atom is 0.225 e. The van der Waals surface area contributed by atoms with Crippen molar-refractivity contribution in [1.82, 2.24) is 14.9 Å². The molecule has 5 rings (SSSR count). The van der Waals surface area contributed by atoms with Gasteiger partial charge in [-0.2, -0.15) is 0 Å². The molecule has 1 aliphatic carbocycles. The second kappa shape index (κ2) is 6.99. The molecule has 5 heteroatoms. The first-order chi connectivity index (χ1) is 14.1. The number of amides is 1. The summed E-state index contributed by atoms with van der Waals surface area (Å²) in [6.45, 7) is 0. The molecule has 1 amide bonds. The van der Waals surface area contributed by atoms with E-state index in [1.54, 1.807) is 7.11 Å². The molecule has 4 aromatic rings. The van der Waals surface area contributed by atoms with Gasteiger partial charge in [0.1, 0.15) is 5.75 Å². The minimum Gasteiger partial charge on any atom is -0.497 e. The zero-order chi connectivity index (χ0) is 20.0. The van der Waals surface area contributed by atoms with Crippen molar-refractivity contribution in [2.75, 3.05) is 7.11 Å². The molecule has 2 N–H and O–H groups in total. The van der Waals surface area contributed by atoms with Crippen LogP contribution in [0.3, 0.4) is 0 Å². The number of rotatable bonds is 4. The summed E-state index contributed by atoms with van der Waals surface area (Å²) in [7, 11) is 3.71. The Hall–Kier alpha value is -3.21. The highest BCUT2D eigenvalue weighted by atomic mass is 16.5. The van der Waals surface area contributed by atoms with E-state index < -0.39 is 0 Å². The quantitative estimate of drug-likeness (QED) is 0.545. The van der Waals surface area contributed by atoms with E-state index in [1.807, 2.05) is 25.2 Å². The van der Waals surface area contributed by atoms with Gasteiger partial charge >= 0.3 is 0 Å². The number of methoxy groups -OCH3 is 1. The van der Waals surface area contributed by atoms with E-state index in [0.29, 0.717) is 6.42 Å². The number of carbonyl (C=O) groups is 1. The lowest BCUT2D eigenvalue weighted by Crippen LogP contribution is -2.32. The number of H-pyrrole nitrogens is 1. The fraction of sp³-hybridized carbons (Fsp3) is 0.292. The molecular formula is C24H25N3O2. The van der Waals surface area contributed by atoms with Gasteiger partial charge in [-0.25, -0.2) is 0 Å². The monoisotopic (exact) mass is 387 g/mol. The van der Waals surface area contributed by atoms with E-state index in [9.17, 15) is 4.79 Å². The van der Waals surface area contributed by atoms with Crippen LogP contribution in [0.25, 0.3) is 21.8 Å². The van der Waals surface area contributed by atoms with Gasteiger partial charge in [0, 0.05) is 40.7 Å². The summed E-state index contributed by atoms with van der Waals surface area (Å²) in [5.74, 6) is 0.928. The van der Waals surface area contributed by atoms with Crippen molar-refractivity contribution in [2.24, 2.45) is 7.05 Å². The highest BCUT2D eigenvalue weighted by Gasteiger charge is 2.26. The highest BCUT2D eigenvalue weighted by molar-refractivity contribution is 5.90. The van der Waals surface area contributed by atoms with Crippen LogP contribution < -0.4 is 10.1 Å². The average Bonchev–Trinajstić information content (AvgIpc) is 3.26. The zero-order valence-electron chi connectivity index (χ0n) is 16.8. The molecule has 1 aliphatic rings. The van der Waals surface area contributed by atoms with Gasteiger partial charge in [-0.15, -0.1) is 0 Å². The average molecular weight is 387 g/mol. The minimum absolute atomic E-state index is 0.0274. The van der Waals surface area contributed by atoms with Crippen LogP contribution in [0.2, 0.25) is 0 Å². The molecule has 2 aromatic heterocycles. The van der Waals surface area contributed by atoms with Crippen LogP contribution in [-0.4, -0.2) is 22.6 Å². The molecule has 148 valence electrons. The Morgan fingerprint density at radius 3 is 2.97 bits per heavy atom. The number of hydrogen-bond acceptors (Lipinski definition) is 2. The molecule has 2 heterocycles. The van der Waals surface area contributed by atoms with Gasteiger partial charge in [-0.1, -0.05) is 18.2 Å². The number of fused-ring (bicyclic) bond motifs is 4. The molecule has 0 unspecified atom stereocenters. The predicted molar refractivity (Wildman–Crippen MR) is 115 cm³/mol. The van der Waals surface area contributed by atoms with E-state index in [4.69, 9.17) is 4.74 Å². The second-order valence-electron chi connectivity index (χ2n) is 7.90. The van der Waals surface area contributed by atoms with Gasteiger partial charge in [0.25, 0.3) is 0 Å². The van der Waals surface area contributed by atoms with Gasteiger partial charge < -0.3 is 19.6 Å². The van der Waals surface area contributed by atoms with Crippen molar-refractivity contribution in [3.05, 3.63) is 65.5 Å². The van der Waals surface area contributed by atoms with Crippen molar-refractivity contribution < 1.29 is 9.53 Å². The van der Waals surface area contributed by atoms with Gasteiger partial charge in [-0.05, 0) is 54.7 Å². The first kappa shape index (κ1) is 17.9. The summed E-state index contributed by atoms with van der Waals surface area (Å²) in [5, 5.41) is 5.62. The Morgan fingerprint density at radius 2 is 2.10 bits per heavy atom. The SMILES string of the molecule is COc1ccc2[nH]c3c(c2c1)CCC[C@@H]3NC(=O)Cc1cn(C)c2ccccc12. The van der Waals surface area contributed by atoms with Crippen LogP contribution in [-0.2, 0) is 24.7 Å². The van der Waals surface area contributed by atoms with Crippen LogP contribution in [0.4, 0.5) is 0 Å². The standard InChI is InChI=1S/C24H25N3O2/c1-27-14-15(17-6-3-4-9-22(17)27)12-23(28)25-21-8-5-7-18-19-13-16(29-2)10-11-20(19)26-24(18)21/h3-4,6,9-11,13-14,21,26H,5,7-8,12H2,1-2H3,(H,25,28)/t21-/m0/s1. The maximum absolute atomic E-state index is 12.9. The number of nitrogens with zero attached hydrogens (tertiary/aromatic N) is 1. The molecule has 1 atom stereocenters. The van der Waals surface area contributed by atoms with Crippen LogP contribution in [0.1, 0.15) is 35.7 Å². The highest BCUT2D eigenvalue weighted by Crippen LogP contribution is 2.36. The summed E-state index contributed by atoms with van der Waals surface area (Å²) in [4.78, 5) is 16.5. The Labute approximate surface area is 169 Å². The Kier molecular flexibility index (Phi) is 4.31. The molecule has 0 saturated carbocycles. The van der Waals surface area contributed by atoms with Gasteiger partial charge in [-0.3, -0.25) is 4.79 Å². The number of para-hydroxylation sites is 1. The number of aromatic nitrogens is 2. The lowest BCUT2D eigenvalue weighted by atomic mass is 9.91. The third-order valence-corrected chi connectivity index (χ3v) is 6.08. The Bertz CT molecular complexity index is 1220. The number of ether oxygens (including phenoxy) is 1. The third kappa shape index (κ3) is 3.07. The number of carbonyl (C=O) groups excluding carboxylic acids is 1. The fourth-order valence-corrected chi connectivity index (χ4v) is 4.70. The lowest BCUT2D eigenvalue weighted by Gasteiger charge is -2.24. The molecular weight excluding hydrogens is 362 g/mol. The first-order valence-electron chi connectivity index (χ1n) is 10.1. The smallest absolute Gasteiger partial charge is 0.225 e. The van der Waals surface area contributed by atoms with Crippen molar-refractivity contribution in [1.29, 1.82) is 0 Å². The van der Waals surface area contributed by atoms with E-state index in [-0.39, 0.29) is 11.9 Å². The van der Waals surface area contributed by atoms with Crippen LogP contribution in [0, 0.1) is 0 Å². The molecule has 2 aromatic carbocycles. The minimum atomic E-state index is 0.0274. The number of benzene rings is 2. The van der Waals surface area contributed by atoms with E-state index in [2.05, 4.69) is 45.3 Å². The van der Waals surface area contributed by atoms with Crippen LogP contribution in [0.15, 0.2) is 48.7 Å². The molecule has 0 saturated heterocycles. The second-order valence-corrected chi connectivity index (χ2v) is 7.90. The van der Waals surface area contributed by atoms with E-state index in [1.165, 1.54) is 10.9 Å². The largest absolute Gasteiger partial charge is 0.497 e. The van der Waals surface area contributed by atoms with Crippen molar-refractivity contribution >= 4 is 27.7 Å². The van der Waals surface area contributed by atoms with E-state index in [0.717, 1.165) is 52.7 Å². The molecule has 0 radical (unpaired) electrons. The first-order valence-corrected chi connectivity index (χ1v) is 10.1. The molecule has 29 heavy (non-hydrogen) atoms. The fourth-order valence-electron chi connectivity index (χ4n) is 4.70. The summed E-state index contributed by atoms with van der Waals surface area (Å²) in [6, 6.07) is 14.4. The molecule has 0 fully saturated rings. The normalized spacial score (nSPS) is 16.1. The summed E-state index contributed by atoms with van der Waals surface area (Å²) < 4.78 is 7.48. The number of hydrogen-bond donors (Lipinski definition) is 2. The van der Waals surface area contributed by atoms with Crippen LogP contribution in [0.5, 0.6) is 5.75 Å². The number of aryl methyl sites for hydroxylation is 2. The van der Waals surface area contributed by atoms with Crippen molar-refractivity contribution in [3.63, 3.8) is 0 Å². The lowest BCUT2D eigenvalue weighted by molar-refractivity contribution is -0.121. The maximum atomic E-state index is 12.9. The van der Waals surface area contributed by atoms with Gasteiger partial charge in [0.2, 0.25) is 5.91 Å². The van der Waals surface area contributed by atoms with E-state index >= 15 is 0 Å². The third-order valence-electron chi connectivity index (χ3n) is 6.08. The van der Waals surface area contributed by atoms with Gasteiger partial charge in [0.15, 0.2) is 0 Å². The Balaban J connectivity index is 1.41. The van der Waals surface area contributed by atoms with Crippen LogP contribution >= 0.6 is 0 Å². The topological polar surface area (TPSA) is 59.0 Å². The number of aromatic amines is 1. The molecule has 0 spiro atoms. The summed E-state index contributed by atoms with van der Waals surface area (Å²) in [6.07, 6.45) is 5.50. The number of nitrogens with one attached hydrogen (secondary N) is 2. The summed E-state index contributed by atoms with van der Waals surface area (Å²) in [5.41, 5.74) is 5.77.